The maximum Gasteiger partial charge on any atom is 0.310 e. The van der Waals surface area contributed by atoms with Gasteiger partial charge in [-0.2, -0.15) is 0 Å². The van der Waals surface area contributed by atoms with Crippen LogP contribution in [-0.4, -0.2) is 31.3 Å². The van der Waals surface area contributed by atoms with Crippen LogP contribution in [0, 0.1) is 22.9 Å². The van der Waals surface area contributed by atoms with Crippen LogP contribution in [0.3, 0.4) is 0 Å². The molecule has 0 saturated carbocycles. The molecule has 0 radical (unpaired) electrons. The summed E-state index contributed by atoms with van der Waals surface area (Å²) in [6.07, 6.45) is 0. The second-order valence-corrected chi connectivity index (χ2v) is 5.10. The van der Waals surface area contributed by atoms with Crippen molar-refractivity contribution in [1.29, 1.82) is 0 Å². The molecule has 0 fully saturated rings. The Balaban J connectivity index is 2.44. The fraction of sp³-hybridized carbons (Fsp3) is 0.333. The van der Waals surface area contributed by atoms with Gasteiger partial charge in [-0.1, -0.05) is 0 Å². The predicted octanol–water partition coefficient (Wildman–Crippen LogP) is 1.87. The summed E-state index contributed by atoms with van der Waals surface area (Å²) in [6.45, 7) is 2.78. The molecule has 2 rings (SSSR count). The van der Waals surface area contributed by atoms with Crippen molar-refractivity contribution in [2.24, 2.45) is 5.41 Å². The zero-order chi connectivity index (χ0) is 15.8. The van der Waals surface area contributed by atoms with Crippen molar-refractivity contribution in [2.75, 3.05) is 0 Å². The predicted molar refractivity (Wildman–Crippen MR) is 64.5 cm³/mol. The van der Waals surface area contributed by atoms with Crippen LogP contribution < -0.4 is 0 Å². The minimum atomic E-state index is -1.59. The lowest BCUT2D eigenvalue weighted by molar-refractivity contribution is -0.147. The van der Waals surface area contributed by atoms with Crippen molar-refractivity contribution in [2.45, 2.75) is 20.4 Å². The molecular formula is C12H11F3N4O2. The van der Waals surface area contributed by atoms with Gasteiger partial charge in [0.2, 0.25) is 0 Å². The summed E-state index contributed by atoms with van der Waals surface area (Å²) in [5.41, 5.74) is -1.28. The Morgan fingerprint density at radius 3 is 2.38 bits per heavy atom. The molecule has 0 aliphatic rings. The lowest BCUT2D eigenvalue weighted by atomic mass is 9.94. The highest BCUT2D eigenvalue weighted by molar-refractivity contribution is 5.73. The molecule has 0 spiro atoms. The summed E-state index contributed by atoms with van der Waals surface area (Å²) in [5.74, 6) is -5.49. The van der Waals surface area contributed by atoms with Gasteiger partial charge >= 0.3 is 5.97 Å². The van der Waals surface area contributed by atoms with Gasteiger partial charge in [-0.15, -0.1) is 5.10 Å². The standard InChI is InChI=1S/C12H11F3N4O2/c1-12(2,11(20)21)5-19-10(16-17-18-19)6-3-7(13)9(15)8(14)4-6/h3-4H,5H2,1-2H3,(H,20,21). The number of carbonyl (C=O) groups is 1. The van der Waals surface area contributed by atoms with Crippen LogP contribution >= 0.6 is 0 Å². The molecule has 1 heterocycles. The topological polar surface area (TPSA) is 80.9 Å². The summed E-state index contributed by atoms with van der Waals surface area (Å²) in [5, 5.41) is 19.6. The van der Waals surface area contributed by atoms with E-state index in [1.54, 1.807) is 0 Å². The average molecular weight is 300 g/mol. The van der Waals surface area contributed by atoms with E-state index in [1.165, 1.54) is 13.8 Å². The molecule has 1 N–H and O–H groups in total. The zero-order valence-electron chi connectivity index (χ0n) is 11.1. The Labute approximate surface area is 117 Å². The van der Waals surface area contributed by atoms with Gasteiger partial charge in [0.1, 0.15) is 0 Å². The number of hydrogen-bond donors (Lipinski definition) is 1. The van der Waals surface area contributed by atoms with Crippen molar-refractivity contribution in [3.8, 4) is 11.4 Å². The highest BCUT2D eigenvalue weighted by Gasteiger charge is 2.30. The second kappa shape index (κ2) is 5.15. The SMILES string of the molecule is CC(C)(Cn1nnnc1-c1cc(F)c(F)c(F)c1)C(=O)O. The Kier molecular flexibility index (Phi) is 3.67. The van der Waals surface area contributed by atoms with Crippen LogP contribution in [-0.2, 0) is 11.3 Å². The molecule has 0 aliphatic heterocycles. The fourth-order valence-corrected chi connectivity index (χ4v) is 1.64. The molecule has 112 valence electrons. The number of carboxylic acid groups (broad SMARTS) is 1. The molecule has 1 aromatic heterocycles. The third-order valence-corrected chi connectivity index (χ3v) is 2.90. The molecule has 9 heteroatoms. The Hall–Kier alpha value is -2.45. The van der Waals surface area contributed by atoms with E-state index < -0.39 is 28.8 Å². The van der Waals surface area contributed by atoms with Crippen molar-refractivity contribution < 1.29 is 23.1 Å². The van der Waals surface area contributed by atoms with Gasteiger partial charge < -0.3 is 5.11 Å². The maximum absolute atomic E-state index is 13.2. The summed E-state index contributed by atoms with van der Waals surface area (Å²) < 4.78 is 40.5. The van der Waals surface area contributed by atoms with Crippen LogP contribution in [0.15, 0.2) is 12.1 Å². The molecule has 0 amide bonds. The van der Waals surface area contributed by atoms with Crippen molar-refractivity contribution in [3.05, 3.63) is 29.6 Å². The van der Waals surface area contributed by atoms with Gasteiger partial charge in [-0.25, -0.2) is 17.9 Å². The Morgan fingerprint density at radius 2 is 1.86 bits per heavy atom. The smallest absolute Gasteiger partial charge is 0.310 e. The van der Waals surface area contributed by atoms with Crippen LogP contribution in [0.2, 0.25) is 0 Å². The largest absolute Gasteiger partial charge is 0.481 e. The van der Waals surface area contributed by atoms with E-state index in [2.05, 4.69) is 15.5 Å². The molecule has 1 aromatic carbocycles. The summed E-state index contributed by atoms with van der Waals surface area (Å²) in [4.78, 5) is 11.1. The summed E-state index contributed by atoms with van der Waals surface area (Å²) in [6, 6.07) is 1.49. The van der Waals surface area contributed by atoms with Crippen LogP contribution in [0.4, 0.5) is 13.2 Å². The normalized spacial score (nSPS) is 11.7. The maximum atomic E-state index is 13.2. The number of aromatic nitrogens is 4. The first-order valence-corrected chi connectivity index (χ1v) is 5.87. The van der Waals surface area contributed by atoms with E-state index in [9.17, 15) is 18.0 Å². The van der Waals surface area contributed by atoms with Gasteiger partial charge in [0.25, 0.3) is 0 Å². The monoisotopic (exact) mass is 300 g/mol. The second-order valence-electron chi connectivity index (χ2n) is 5.10. The molecule has 21 heavy (non-hydrogen) atoms. The van der Waals surface area contributed by atoms with E-state index in [1.807, 2.05) is 0 Å². The van der Waals surface area contributed by atoms with Crippen LogP contribution in [0.25, 0.3) is 11.4 Å². The first-order chi connectivity index (χ1) is 9.72. The van der Waals surface area contributed by atoms with Crippen LogP contribution in [0.1, 0.15) is 13.8 Å². The van der Waals surface area contributed by atoms with Gasteiger partial charge in [0, 0.05) is 5.56 Å². The highest BCUT2D eigenvalue weighted by atomic mass is 19.2. The molecule has 2 aromatic rings. The molecular weight excluding hydrogens is 289 g/mol. The average Bonchev–Trinajstić information content (AvgIpc) is 2.82. The third-order valence-electron chi connectivity index (χ3n) is 2.90. The molecule has 0 saturated heterocycles. The van der Waals surface area contributed by atoms with Gasteiger partial charge in [-0.3, -0.25) is 4.79 Å². The first kappa shape index (κ1) is 14.9. The number of aliphatic carboxylic acids is 1. The van der Waals surface area contributed by atoms with Gasteiger partial charge in [0.05, 0.1) is 12.0 Å². The van der Waals surface area contributed by atoms with Gasteiger partial charge in [0.15, 0.2) is 23.3 Å². The number of hydrogen-bond acceptors (Lipinski definition) is 4. The van der Waals surface area contributed by atoms with E-state index in [0.29, 0.717) is 0 Å². The Bertz CT molecular complexity index is 677. The first-order valence-electron chi connectivity index (χ1n) is 5.87. The fourth-order valence-electron chi connectivity index (χ4n) is 1.64. The van der Waals surface area contributed by atoms with E-state index in [0.717, 1.165) is 16.8 Å². The number of benzene rings is 1. The highest BCUT2D eigenvalue weighted by Crippen LogP contribution is 2.24. The van der Waals surface area contributed by atoms with Crippen molar-refractivity contribution in [1.82, 2.24) is 20.2 Å². The number of nitrogens with zero attached hydrogens (tertiary/aromatic N) is 4. The number of tetrazole rings is 1. The third kappa shape index (κ3) is 2.86. The molecule has 0 atom stereocenters. The summed E-state index contributed by atoms with van der Waals surface area (Å²) >= 11 is 0. The lowest BCUT2D eigenvalue weighted by Gasteiger charge is -2.19. The molecule has 6 nitrogen and oxygen atoms in total. The van der Waals surface area contributed by atoms with Gasteiger partial charge in [-0.05, 0) is 36.4 Å². The van der Waals surface area contributed by atoms with Crippen molar-refractivity contribution >= 4 is 5.97 Å². The molecule has 0 unspecified atom stereocenters. The van der Waals surface area contributed by atoms with E-state index in [-0.39, 0.29) is 17.9 Å². The quantitative estimate of drug-likeness (QED) is 0.872. The summed E-state index contributed by atoms with van der Waals surface area (Å²) in [7, 11) is 0. The van der Waals surface area contributed by atoms with Crippen LogP contribution in [0.5, 0.6) is 0 Å². The van der Waals surface area contributed by atoms with Crippen molar-refractivity contribution in [3.63, 3.8) is 0 Å². The zero-order valence-corrected chi connectivity index (χ0v) is 11.1. The number of carboxylic acids is 1. The lowest BCUT2D eigenvalue weighted by Crippen LogP contribution is -2.30. The molecule has 0 bridgehead atoms. The minimum Gasteiger partial charge on any atom is -0.481 e. The van der Waals surface area contributed by atoms with E-state index >= 15 is 0 Å². The minimum absolute atomic E-state index is 0.0536. The molecule has 0 aliphatic carbocycles. The number of rotatable bonds is 4. The van der Waals surface area contributed by atoms with E-state index in [4.69, 9.17) is 5.11 Å². The number of halogens is 3. The Morgan fingerprint density at radius 1 is 1.29 bits per heavy atom.